The minimum Gasteiger partial charge on any atom is -0.378 e. The highest BCUT2D eigenvalue weighted by molar-refractivity contribution is 7.89. The molecule has 1 unspecified atom stereocenters. The van der Waals surface area contributed by atoms with E-state index in [9.17, 15) is 13.2 Å². The van der Waals surface area contributed by atoms with Gasteiger partial charge >= 0.3 is 0 Å². The highest BCUT2D eigenvalue weighted by Crippen LogP contribution is 2.16. The highest BCUT2D eigenvalue weighted by atomic mass is 32.2. The van der Waals surface area contributed by atoms with Gasteiger partial charge in [0.25, 0.3) is 0 Å². The summed E-state index contributed by atoms with van der Waals surface area (Å²) in [5, 5.41) is 2.67. The van der Waals surface area contributed by atoms with Gasteiger partial charge < -0.3 is 20.5 Å². The SMILES string of the molecule is NCCNS(=O)(=O)c1cccc(NC(=O)CCOCC2CCCO2)c1. The first-order valence-electron chi connectivity index (χ1n) is 8.30. The lowest BCUT2D eigenvalue weighted by molar-refractivity contribution is -0.117. The van der Waals surface area contributed by atoms with Crippen LogP contribution in [0.4, 0.5) is 5.69 Å². The molecule has 0 saturated carbocycles. The number of carbonyl (C=O) groups is 1. The Morgan fingerprint density at radius 3 is 2.96 bits per heavy atom. The van der Waals surface area contributed by atoms with Gasteiger partial charge in [0.2, 0.25) is 15.9 Å². The van der Waals surface area contributed by atoms with Gasteiger partial charge in [-0.2, -0.15) is 0 Å². The van der Waals surface area contributed by atoms with Gasteiger partial charge in [-0.3, -0.25) is 4.79 Å². The number of nitrogens with two attached hydrogens (primary N) is 1. The molecular formula is C16H25N3O5S. The summed E-state index contributed by atoms with van der Waals surface area (Å²) in [6.07, 6.45) is 2.36. The van der Waals surface area contributed by atoms with Crippen LogP contribution in [0, 0.1) is 0 Å². The van der Waals surface area contributed by atoms with Crippen molar-refractivity contribution in [3.8, 4) is 0 Å². The van der Waals surface area contributed by atoms with E-state index in [0.717, 1.165) is 19.4 Å². The van der Waals surface area contributed by atoms with Crippen LogP contribution in [0.1, 0.15) is 19.3 Å². The molecule has 0 bridgehead atoms. The van der Waals surface area contributed by atoms with Crippen molar-refractivity contribution in [3.63, 3.8) is 0 Å². The second-order valence-corrected chi connectivity index (χ2v) is 7.49. The Kier molecular flexibility index (Phi) is 7.79. The van der Waals surface area contributed by atoms with Gasteiger partial charge in [-0.05, 0) is 31.0 Å². The second-order valence-electron chi connectivity index (χ2n) is 5.72. The molecule has 1 saturated heterocycles. The number of nitrogens with one attached hydrogen (secondary N) is 2. The number of carbonyl (C=O) groups excluding carboxylic acids is 1. The number of amides is 1. The van der Waals surface area contributed by atoms with Crippen LogP contribution >= 0.6 is 0 Å². The Morgan fingerprint density at radius 1 is 1.40 bits per heavy atom. The van der Waals surface area contributed by atoms with E-state index in [-0.39, 0.29) is 36.4 Å². The maximum Gasteiger partial charge on any atom is 0.240 e. The van der Waals surface area contributed by atoms with E-state index in [1.54, 1.807) is 12.1 Å². The molecule has 8 nitrogen and oxygen atoms in total. The molecule has 25 heavy (non-hydrogen) atoms. The van der Waals surface area contributed by atoms with Crippen LogP contribution in [0.25, 0.3) is 0 Å². The third kappa shape index (κ3) is 6.71. The van der Waals surface area contributed by atoms with Crippen molar-refractivity contribution >= 4 is 21.6 Å². The third-order valence-electron chi connectivity index (χ3n) is 3.67. The van der Waals surface area contributed by atoms with Gasteiger partial charge in [0.1, 0.15) is 0 Å². The summed E-state index contributed by atoms with van der Waals surface area (Å²) in [6, 6.07) is 6.07. The molecule has 2 rings (SSSR count). The van der Waals surface area contributed by atoms with Gasteiger partial charge in [-0.1, -0.05) is 6.07 Å². The Hall–Kier alpha value is -1.52. The molecule has 4 N–H and O–H groups in total. The number of hydrogen-bond acceptors (Lipinski definition) is 6. The Labute approximate surface area is 148 Å². The molecule has 1 atom stereocenters. The summed E-state index contributed by atoms with van der Waals surface area (Å²) in [7, 11) is -3.63. The minimum atomic E-state index is -3.63. The molecule has 0 radical (unpaired) electrons. The molecule has 140 valence electrons. The molecule has 0 aromatic heterocycles. The van der Waals surface area contributed by atoms with Crippen LogP contribution in [0.5, 0.6) is 0 Å². The summed E-state index contributed by atoms with van der Waals surface area (Å²) in [5.74, 6) is -0.239. The summed E-state index contributed by atoms with van der Waals surface area (Å²) >= 11 is 0. The number of sulfonamides is 1. The summed E-state index contributed by atoms with van der Waals surface area (Å²) in [6.45, 7) is 1.92. The first kappa shape index (κ1) is 19.8. The zero-order valence-electron chi connectivity index (χ0n) is 14.1. The first-order valence-corrected chi connectivity index (χ1v) is 9.78. The Morgan fingerprint density at radius 2 is 2.24 bits per heavy atom. The lowest BCUT2D eigenvalue weighted by Gasteiger charge is -2.11. The number of rotatable bonds is 10. The Bertz CT molecular complexity index is 659. The van der Waals surface area contributed by atoms with Crippen molar-refractivity contribution in [1.29, 1.82) is 0 Å². The molecule has 1 heterocycles. The van der Waals surface area contributed by atoms with Gasteiger partial charge in [0.15, 0.2) is 0 Å². The normalized spacial score (nSPS) is 17.6. The molecule has 0 aliphatic carbocycles. The molecule has 9 heteroatoms. The van der Waals surface area contributed by atoms with E-state index >= 15 is 0 Å². The largest absolute Gasteiger partial charge is 0.378 e. The fourth-order valence-electron chi connectivity index (χ4n) is 2.40. The number of benzene rings is 1. The van der Waals surface area contributed by atoms with Crippen LogP contribution < -0.4 is 15.8 Å². The molecule has 1 fully saturated rings. The third-order valence-corrected chi connectivity index (χ3v) is 5.12. The van der Waals surface area contributed by atoms with Gasteiger partial charge in [-0.25, -0.2) is 13.1 Å². The van der Waals surface area contributed by atoms with Crippen molar-refractivity contribution in [3.05, 3.63) is 24.3 Å². The summed E-state index contributed by atoms with van der Waals surface area (Å²) in [5.41, 5.74) is 5.72. The van der Waals surface area contributed by atoms with Crippen LogP contribution in [-0.4, -0.2) is 53.3 Å². The van der Waals surface area contributed by atoms with Crippen LogP contribution in [-0.2, 0) is 24.3 Å². The first-order chi connectivity index (χ1) is 12.0. The van der Waals surface area contributed by atoms with Gasteiger partial charge in [0, 0.05) is 25.4 Å². The van der Waals surface area contributed by atoms with Crippen molar-refractivity contribution < 1.29 is 22.7 Å². The maximum absolute atomic E-state index is 12.1. The van der Waals surface area contributed by atoms with Crippen molar-refractivity contribution in [2.45, 2.75) is 30.3 Å². The average molecular weight is 371 g/mol. The molecule has 1 aliphatic heterocycles. The topological polar surface area (TPSA) is 120 Å². The smallest absolute Gasteiger partial charge is 0.240 e. The Balaban J connectivity index is 1.79. The molecule has 1 amide bonds. The molecular weight excluding hydrogens is 346 g/mol. The average Bonchev–Trinajstić information content (AvgIpc) is 3.11. The van der Waals surface area contributed by atoms with Crippen LogP contribution in [0.15, 0.2) is 29.2 Å². The van der Waals surface area contributed by atoms with Crippen LogP contribution in [0.3, 0.4) is 0 Å². The molecule has 0 spiro atoms. The minimum absolute atomic E-state index is 0.0772. The lowest BCUT2D eigenvalue weighted by atomic mass is 10.2. The summed E-state index contributed by atoms with van der Waals surface area (Å²) in [4.78, 5) is 12.0. The predicted molar refractivity (Wildman–Crippen MR) is 93.7 cm³/mol. The van der Waals surface area contributed by atoms with Gasteiger partial charge in [0.05, 0.1) is 30.6 Å². The van der Waals surface area contributed by atoms with Crippen LogP contribution in [0.2, 0.25) is 0 Å². The number of anilines is 1. The van der Waals surface area contributed by atoms with E-state index in [1.165, 1.54) is 12.1 Å². The zero-order chi connectivity index (χ0) is 18.1. The van der Waals surface area contributed by atoms with E-state index in [0.29, 0.717) is 18.9 Å². The van der Waals surface area contributed by atoms with Gasteiger partial charge in [-0.15, -0.1) is 0 Å². The molecule has 1 aromatic rings. The lowest BCUT2D eigenvalue weighted by Crippen LogP contribution is -2.29. The van der Waals surface area contributed by atoms with E-state index in [4.69, 9.17) is 15.2 Å². The van der Waals surface area contributed by atoms with E-state index in [2.05, 4.69) is 10.0 Å². The number of hydrogen-bond donors (Lipinski definition) is 3. The van der Waals surface area contributed by atoms with Crippen molar-refractivity contribution in [2.75, 3.05) is 38.2 Å². The highest BCUT2D eigenvalue weighted by Gasteiger charge is 2.16. The van der Waals surface area contributed by atoms with E-state index < -0.39 is 10.0 Å². The number of ether oxygens (including phenoxy) is 2. The monoisotopic (exact) mass is 371 g/mol. The quantitative estimate of drug-likeness (QED) is 0.514. The fourth-order valence-corrected chi connectivity index (χ4v) is 3.49. The predicted octanol–water partition coefficient (Wildman–Crippen LogP) is 0.448. The fraction of sp³-hybridized carbons (Fsp3) is 0.562. The zero-order valence-corrected chi connectivity index (χ0v) is 14.9. The summed E-state index contributed by atoms with van der Waals surface area (Å²) < 4.78 is 37.4. The van der Waals surface area contributed by atoms with E-state index in [1.807, 2.05) is 0 Å². The maximum atomic E-state index is 12.1. The molecule has 1 aromatic carbocycles. The van der Waals surface area contributed by atoms with Crippen molar-refractivity contribution in [1.82, 2.24) is 4.72 Å². The van der Waals surface area contributed by atoms with Crippen molar-refractivity contribution in [2.24, 2.45) is 5.73 Å². The second kappa shape index (κ2) is 9.83. The molecule has 1 aliphatic rings. The standard InChI is InChI=1S/C16H25N3O5S/c17-7-8-18-25(21,22)15-5-1-3-13(11-15)19-16(20)6-10-23-12-14-4-2-9-24-14/h1,3,5,11,14,18H,2,4,6-10,12,17H2,(H,19,20).